The molecule has 0 fully saturated rings. The molecule has 21 heavy (non-hydrogen) atoms. The van der Waals surface area contributed by atoms with Crippen LogP contribution in [0.25, 0.3) is 0 Å². The molecule has 128 valence electrons. The van der Waals surface area contributed by atoms with Crippen LogP contribution in [0.3, 0.4) is 0 Å². The van der Waals surface area contributed by atoms with Crippen LogP contribution in [0.1, 0.15) is 73.6 Å². The van der Waals surface area contributed by atoms with E-state index in [4.69, 9.17) is 17.2 Å². The molecule has 0 heterocycles. The van der Waals surface area contributed by atoms with Crippen LogP contribution in [0.5, 0.6) is 0 Å². The summed E-state index contributed by atoms with van der Waals surface area (Å²) in [6.07, 6.45) is 5.22. The van der Waals surface area contributed by atoms with Crippen molar-refractivity contribution in [3.63, 3.8) is 0 Å². The molecule has 0 aliphatic rings. The van der Waals surface area contributed by atoms with Gasteiger partial charge in [0.15, 0.2) is 0 Å². The van der Waals surface area contributed by atoms with Crippen molar-refractivity contribution in [1.29, 1.82) is 0 Å². The number of rotatable bonds is 11. The molecular formula is C17H40N4. The van der Waals surface area contributed by atoms with Crippen LogP contribution in [0.15, 0.2) is 0 Å². The van der Waals surface area contributed by atoms with Crippen molar-refractivity contribution in [2.24, 2.45) is 17.2 Å². The van der Waals surface area contributed by atoms with E-state index in [1.165, 1.54) is 0 Å². The van der Waals surface area contributed by atoms with Gasteiger partial charge < -0.3 is 17.2 Å². The zero-order valence-electron chi connectivity index (χ0n) is 15.3. The van der Waals surface area contributed by atoms with Crippen LogP contribution < -0.4 is 17.2 Å². The fourth-order valence-electron chi connectivity index (χ4n) is 3.04. The minimum Gasteiger partial charge on any atom is -0.327 e. The molecule has 4 heteroatoms. The third-order valence-corrected chi connectivity index (χ3v) is 4.41. The standard InChI is InChI=1S/C17H40N4/c1-7-10-17(6,20)13-21(12-14(4)18)15(8-2)11-16(5,19)9-3/h14-15H,7-13,18-20H2,1-6H3/t14?,15?,16-,17?/m1/s1. The average Bonchev–Trinajstić information content (AvgIpc) is 2.34. The molecule has 3 unspecified atom stereocenters. The molecule has 0 saturated heterocycles. The quantitative estimate of drug-likeness (QED) is 0.547. The molecule has 0 saturated carbocycles. The van der Waals surface area contributed by atoms with Gasteiger partial charge in [-0.2, -0.15) is 0 Å². The molecule has 0 aromatic carbocycles. The second-order valence-electron chi connectivity index (χ2n) is 7.58. The largest absolute Gasteiger partial charge is 0.327 e. The Labute approximate surface area is 132 Å². The average molecular weight is 301 g/mol. The van der Waals surface area contributed by atoms with Gasteiger partial charge in [0, 0.05) is 36.3 Å². The van der Waals surface area contributed by atoms with Crippen molar-refractivity contribution in [2.75, 3.05) is 13.1 Å². The van der Waals surface area contributed by atoms with Crippen molar-refractivity contribution < 1.29 is 0 Å². The van der Waals surface area contributed by atoms with Gasteiger partial charge >= 0.3 is 0 Å². The highest BCUT2D eigenvalue weighted by Gasteiger charge is 2.30. The molecule has 0 rings (SSSR count). The van der Waals surface area contributed by atoms with E-state index >= 15 is 0 Å². The number of nitrogens with zero attached hydrogens (tertiary/aromatic N) is 1. The number of hydrogen-bond donors (Lipinski definition) is 3. The molecule has 0 amide bonds. The van der Waals surface area contributed by atoms with Crippen LogP contribution in [0.4, 0.5) is 0 Å². The summed E-state index contributed by atoms with van der Waals surface area (Å²) in [5, 5.41) is 0. The maximum atomic E-state index is 6.48. The van der Waals surface area contributed by atoms with Crippen molar-refractivity contribution in [2.45, 2.75) is 96.8 Å². The Morgan fingerprint density at radius 2 is 1.62 bits per heavy atom. The first-order valence-corrected chi connectivity index (χ1v) is 8.64. The Kier molecular flexibility index (Phi) is 9.02. The second kappa shape index (κ2) is 9.09. The molecule has 0 aromatic rings. The normalized spacial score (nSPS) is 20.9. The maximum Gasteiger partial charge on any atom is 0.0254 e. The first-order chi connectivity index (χ1) is 9.56. The van der Waals surface area contributed by atoms with Gasteiger partial charge in [0.25, 0.3) is 0 Å². The Morgan fingerprint density at radius 3 is 2.00 bits per heavy atom. The molecule has 0 aliphatic carbocycles. The lowest BCUT2D eigenvalue weighted by atomic mass is 9.88. The highest BCUT2D eigenvalue weighted by atomic mass is 15.2. The fraction of sp³-hybridized carbons (Fsp3) is 1.00. The Morgan fingerprint density at radius 1 is 1.05 bits per heavy atom. The summed E-state index contributed by atoms with van der Waals surface area (Å²) in [5.41, 5.74) is 18.7. The van der Waals surface area contributed by atoms with Crippen LogP contribution in [0, 0.1) is 0 Å². The van der Waals surface area contributed by atoms with Gasteiger partial charge in [-0.25, -0.2) is 0 Å². The maximum absolute atomic E-state index is 6.48. The molecule has 4 atom stereocenters. The van der Waals surface area contributed by atoms with Gasteiger partial charge in [0.1, 0.15) is 0 Å². The molecule has 6 N–H and O–H groups in total. The van der Waals surface area contributed by atoms with Gasteiger partial charge in [-0.1, -0.05) is 27.2 Å². The van der Waals surface area contributed by atoms with Gasteiger partial charge in [0.2, 0.25) is 0 Å². The predicted molar refractivity (Wildman–Crippen MR) is 94.3 cm³/mol. The monoisotopic (exact) mass is 300 g/mol. The van der Waals surface area contributed by atoms with Crippen molar-refractivity contribution >= 4 is 0 Å². The van der Waals surface area contributed by atoms with Crippen molar-refractivity contribution in [3.8, 4) is 0 Å². The second-order valence-corrected chi connectivity index (χ2v) is 7.58. The lowest BCUT2D eigenvalue weighted by Gasteiger charge is -2.41. The van der Waals surface area contributed by atoms with Crippen LogP contribution >= 0.6 is 0 Å². The van der Waals surface area contributed by atoms with Gasteiger partial charge in [-0.15, -0.1) is 0 Å². The predicted octanol–water partition coefficient (Wildman–Crippen LogP) is 2.45. The van der Waals surface area contributed by atoms with Gasteiger partial charge in [-0.05, 0) is 46.5 Å². The summed E-state index contributed by atoms with van der Waals surface area (Å²) in [6, 6.07) is 0.604. The highest BCUT2D eigenvalue weighted by molar-refractivity contribution is 4.90. The summed E-state index contributed by atoms with van der Waals surface area (Å²) >= 11 is 0. The Hall–Kier alpha value is -0.160. The minimum atomic E-state index is -0.158. The lowest BCUT2D eigenvalue weighted by Crippen LogP contribution is -2.55. The van der Waals surface area contributed by atoms with Crippen molar-refractivity contribution in [3.05, 3.63) is 0 Å². The molecule has 0 aliphatic heterocycles. The summed E-state index contributed by atoms with van der Waals surface area (Å²) < 4.78 is 0. The molecule has 0 radical (unpaired) electrons. The number of hydrogen-bond acceptors (Lipinski definition) is 4. The van der Waals surface area contributed by atoms with Crippen LogP contribution in [-0.4, -0.2) is 41.2 Å². The fourth-order valence-corrected chi connectivity index (χ4v) is 3.04. The molecule has 0 aromatic heterocycles. The molecular weight excluding hydrogens is 260 g/mol. The Balaban J connectivity index is 4.99. The summed E-state index contributed by atoms with van der Waals surface area (Å²) in [6.45, 7) is 14.7. The minimum absolute atomic E-state index is 0.119. The van der Waals surface area contributed by atoms with E-state index in [1.807, 2.05) is 0 Å². The van der Waals surface area contributed by atoms with Crippen LogP contribution in [0.2, 0.25) is 0 Å². The van der Waals surface area contributed by atoms with E-state index in [1.54, 1.807) is 0 Å². The zero-order valence-corrected chi connectivity index (χ0v) is 15.3. The third-order valence-electron chi connectivity index (χ3n) is 4.41. The third kappa shape index (κ3) is 8.77. The van der Waals surface area contributed by atoms with E-state index < -0.39 is 0 Å². The molecule has 4 nitrogen and oxygen atoms in total. The summed E-state index contributed by atoms with van der Waals surface area (Å²) in [4.78, 5) is 2.47. The topological polar surface area (TPSA) is 81.3 Å². The van der Waals surface area contributed by atoms with Gasteiger partial charge in [0.05, 0.1) is 0 Å². The number of nitrogens with two attached hydrogens (primary N) is 3. The van der Waals surface area contributed by atoms with Gasteiger partial charge in [-0.3, -0.25) is 4.90 Å². The summed E-state index contributed by atoms with van der Waals surface area (Å²) in [5.74, 6) is 0. The Bertz CT molecular complexity index is 274. The highest BCUT2D eigenvalue weighted by Crippen LogP contribution is 2.22. The smallest absolute Gasteiger partial charge is 0.0254 e. The van der Waals surface area contributed by atoms with E-state index in [2.05, 4.69) is 46.4 Å². The molecule has 0 spiro atoms. The SMILES string of the molecule is CCCC(C)(N)CN(CC(C)N)C(CC)C[C@](C)(N)CC. The summed E-state index contributed by atoms with van der Waals surface area (Å²) in [7, 11) is 0. The van der Waals surface area contributed by atoms with E-state index in [0.717, 1.165) is 45.2 Å². The zero-order chi connectivity index (χ0) is 16.7. The molecule has 0 bridgehead atoms. The van der Waals surface area contributed by atoms with E-state index in [9.17, 15) is 0 Å². The van der Waals surface area contributed by atoms with Crippen molar-refractivity contribution in [1.82, 2.24) is 4.90 Å². The van der Waals surface area contributed by atoms with Crippen LogP contribution in [-0.2, 0) is 0 Å². The first kappa shape index (κ1) is 20.8. The van der Waals surface area contributed by atoms with E-state index in [-0.39, 0.29) is 17.1 Å². The lowest BCUT2D eigenvalue weighted by molar-refractivity contribution is 0.118. The first-order valence-electron chi connectivity index (χ1n) is 8.64. The van der Waals surface area contributed by atoms with E-state index in [0.29, 0.717) is 6.04 Å².